The highest BCUT2D eigenvalue weighted by Crippen LogP contribution is 2.21. The summed E-state index contributed by atoms with van der Waals surface area (Å²) in [5.74, 6) is -11.2. The van der Waals surface area contributed by atoms with Gasteiger partial charge in [0.05, 0.1) is 25.7 Å². The molecule has 0 aromatic carbocycles. The van der Waals surface area contributed by atoms with Crippen LogP contribution in [0.3, 0.4) is 0 Å². The van der Waals surface area contributed by atoms with Crippen molar-refractivity contribution in [1.82, 2.24) is 52.3 Å². The lowest BCUT2D eigenvalue weighted by Gasteiger charge is -2.30. The van der Waals surface area contributed by atoms with Gasteiger partial charge in [-0.25, -0.2) is 4.79 Å². The van der Waals surface area contributed by atoms with E-state index in [1.165, 1.54) is 16.7 Å². The predicted molar refractivity (Wildman–Crippen MR) is 261 cm³/mol. The summed E-state index contributed by atoms with van der Waals surface area (Å²) < 4.78 is 0. The second-order valence-electron chi connectivity index (χ2n) is 20.1. The molecule has 2 fully saturated rings. The number of hydrogen-bond donors (Lipinski definition) is 12. The van der Waals surface area contributed by atoms with Crippen LogP contribution in [0.15, 0.2) is 0 Å². The van der Waals surface area contributed by atoms with Gasteiger partial charge in [-0.3, -0.25) is 52.7 Å². The average molecular weight is 1040 g/mol. The number of aliphatic carboxylic acids is 2. The van der Waals surface area contributed by atoms with Crippen molar-refractivity contribution in [2.75, 3.05) is 32.8 Å². The second-order valence-corrected chi connectivity index (χ2v) is 20.1. The van der Waals surface area contributed by atoms with Crippen molar-refractivity contribution in [3.8, 4) is 0 Å². The molecular formula is C47H79N11O15. The maximum Gasteiger partial charge on any atom is 0.326 e. The molecule has 0 radical (unpaired) electrons. The molecule has 0 aromatic rings. The summed E-state index contributed by atoms with van der Waals surface area (Å²) in [5.41, 5.74) is 5.93. The van der Waals surface area contributed by atoms with Gasteiger partial charge in [0.1, 0.15) is 48.3 Å². The van der Waals surface area contributed by atoms with Crippen LogP contribution in [0.25, 0.3) is 0 Å². The number of nitrogens with one attached hydrogen (secondary N) is 8. The van der Waals surface area contributed by atoms with E-state index in [1.54, 1.807) is 55.4 Å². The number of carboxylic acids is 2. The molecule has 13 N–H and O–H groups in total. The number of aliphatic hydroxyl groups is 1. The quantitative estimate of drug-likeness (QED) is 0.0351. The largest absolute Gasteiger partial charge is 0.481 e. The van der Waals surface area contributed by atoms with E-state index in [4.69, 9.17) is 5.73 Å². The zero-order chi connectivity index (χ0) is 55.4. The van der Waals surface area contributed by atoms with Gasteiger partial charge in [-0.2, -0.15) is 0 Å². The van der Waals surface area contributed by atoms with Crippen LogP contribution in [0.4, 0.5) is 0 Å². The minimum atomic E-state index is -1.51. The average Bonchev–Trinajstić information content (AvgIpc) is 4.02. The van der Waals surface area contributed by atoms with Gasteiger partial charge < -0.3 is 73.4 Å². The second kappa shape index (κ2) is 29.9. The van der Waals surface area contributed by atoms with Crippen molar-refractivity contribution in [2.45, 2.75) is 168 Å². The Morgan fingerprint density at radius 1 is 0.562 bits per heavy atom. The van der Waals surface area contributed by atoms with Crippen LogP contribution in [-0.4, -0.2) is 183 Å². The molecule has 0 unspecified atom stereocenters. The number of hydrogen-bond acceptors (Lipinski definition) is 14. The third-order valence-corrected chi connectivity index (χ3v) is 12.3. The van der Waals surface area contributed by atoms with Crippen LogP contribution >= 0.6 is 0 Å². The van der Waals surface area contributed by atoms with E-state index in [2.05, 4.69) is 42.5 Å². The minimum Gasteiger partial charge on any atom is -0.481 e. The molecule has 0 saturated carbocycles. The Labute approximate surface area is 425 Å². The molecule has 0 aliphatic carbocycles. The summed E-state index contributed by atoms with van der Waals surface area (Å²) in [6.45, 7) is 13.4. The van der Waals surface area contributed by atoms with Gasteiger partial charge in [0, 0.05) is 19.5 Å². The summed E-state index contributed by atoms with van der Waals surface area (Å²) in [6.07, 6.45) is 0.412. The Morgan fingerprint density at radius 3 is 1.55 bits per heavy atom. The molecule has 2 saturated heterocycles. The SMILES string of the molecule is CC(C)C[C@H](NC(=O)[C@H](CC(C)C)NC(=O)[C@H](CCC(=O)O)NC(=O)[C@@H]1CCCN1C(=O)[C@H](C)NC(=O)[C@@H](N)C(C)C)C(=O)NCC(=O)NCC(=O)N1CCC[C@H]1C(=O)N[C@@H](CO)C(=O)N[C@H](C(=O)O)C(C)C. The monoisotopic (exact) mass is 1040 g/mol. The molecule has 2 rings (SSSR count). The van der Waals surface area contributed by atoms with Crippen molar-refractivity contribution in [1.29, 1.82) is 0 Å². The first-order valence-electron chi connectivity index (χ1n) is 24.9. The third kappa shape index (κ3) is 20.2. The number of carbonyl (C=O) groups excluding carboxylic acids is 10. The summed E-state index contributed by atoms with van der Waals surface area (Å²) >= 11 is 0. The first kappa shape index (κ1) is 62.7. The molecule has 9 atom stereocenters. The number of rotatable bonds is 29. The zero-order valence-corrected chi connectivity index (χ0v) is 43.4. The normalized spacial score (nSPS) is 18.4. The van der Waals surface area contributed by atoms with E-state index in [-0.39, 0.29) is 62.9 Å². The van der Waals surface area contributed by atoms with Crippen molar-refractivity contribution in [3.05, 3.63) is 0 Å². The lowest BCUT2D eigenvalue weighted by atomic mass is 9.99. The predicted octanol–water partition coefficient (Wildman–Crippen LogP) is -3.20. The molecule has 0 spiro atoms. The number of nitrogens with two attached hydrogens (primary N) is 1. The molecule has 2 aliphatic heterocycles. The first-order chi connectivity index (χ1) is 34.1. The summed E-state index contributed by atoms with van der Waals surface area (Å²) in [4.78, 5) is 159. The lowest BCUT2D eigenvalue weighted by Crippen LogP contribution is -2.59. The van der Waals surface area contributed by atoms with Crippen LogP contribution in [0.1, 0.15) is 114 Å². The van der Waals surface area contributed by atoms with Crippen LogP contribution < -0.4 is 48.3 Å². The van der Waals surface area contributed by atoms with E-state index in [9.17, 15) is 72.9 Å². The van der Waals surface area contributed by atoms with Crippen molar-refractivity contribution in [3.63, 3.8) is 0 Å². The summed E-state index contributed by atoms with van der Waals surface area (Å²) in [6, 6.07) is -10.8. The summed E-state index contributed by atoms with van der Waals surface area (Å²) in [5, 5.41) is 48.5. The number of carboxylic acid groups (broad SMARTS) is 2. The number of likely N-dealkylation sites (tertiary alicyclic amines) is 2. The van der Waals surface area contributed by atoms with E-state index >= 15 is 0 Å². The van der Waals surface area contributed by atoms with Crippen molar-refractivity contribution < 1.29 is 72.9 Å². The maximum absolute atomic E-state index is 13.9. The number of carbonyl (C=O) groups is 12. The lowest BCUT2D eigenvalue weighted by molar-refractivity contribution is -0.144. The molecule has 73 heavy (non-hydrogen) atoms. The smallest absolute Gasteiger partial charge is 0.326 e. The standard InChI is InChI=1S/C47H79N11O15/c1-23(2)18-29(39(64)50-20-34(60)49-21-35(61)57-16-10-12-32(57)43(68)55-31(22-59)42(67)56-38(26(7)8)47(72)73)53-41(66)30(19-24(3)4)54-40(65)28(14-15-36(62)63)52-44(69)33-13-11-17-58(33)46(71)27(9)51-45(70)37(48)25(5)6/h23-33,37-38,59H,10-22,48H2,1-9H3,(H,49,60)(H,50,64)(H,51,70)(H,52,69)(H,53,66)(H,54,65)(H,55,68)(H,56,67)(H,62,63)(H,72,73)/t27-,28-,29-,30-,31-,32-,33-,37-,38-/m0/s1. The van der Waals surface area contributed by atoms with E-state index in [1.807, 2.05) is 0 Å². The Morgan fingerprint density at radius 2 is 1.05 bits per heavy atom. The molecule has 2 aliphatic rings. The van der Waals surface area contributed by atoms with Crippen LogP contribution in [0.5, 0.6) is 0 Å². The topological polar surface area (TPSA) is 394 Å². The van der Waals surface area contributed by atoms with Crippen molar-refractivity contribution in [2.24, 2.45) is 29.4 Å². The number of aliphatic hydroxyl groups excluding tert-OH is 1. The number of amides is 10. The Kier molecular flexibility index (Phi) is 25.7. The van der Waals surface area contributed by atoms with Crippen LogP contribution in [-0.2, 0) is 57.5 Å². The van der Waals surface area contributed by atoms with Gasteiger partial charge in [-0.05, 0) is 75.5 Å². The summed E-state index contributed by atoms with van der Waals surface area (Å²) in [7, 11) is 0. The number of nitrogens with zero attached hydrogens (tertiary/aromatic N) is 2. The third-order valence-electron chi connectivity index (χ3n) is 12.3. The highest BCUT2D eigenvalue weighted by Gasteiger charge is 2.40. The fraction of sp³-hybridized carbons (Fsp3) is 0.745. The van der Waals surface area contributed by atoms with E-state index < -0.39 is 157 Å². The molecule has 0 bridgehead atoms. The zero-order valence-electron chi connectivity index (χ0n) is 43.4. The Balaban J connectivity index is 2.11. The highest BCUT2D eigenvalue weighted by molar-refractivity contribution is 5.98. The van der Waals surface area contributed by atoms with Gasteiger partial charge in [0.2, 0.25) is 59.1 Å². The first-order valence-corrected chi connectivity index (χ1v) is 24.9. The fourth-order valence-electron chi connectivity index (χ4n) is 8.18. The van der Waals surface area contributed by atoms with E-state index in [0.29, 0.717) is 12.8 Å². The molecule has 2 heterocycles. The van der Waals surface area contributed by atoms with Gasteiger partial charge in [-0.15, -0.1) is 0 Å². The maximum atomic E-state index is 13.9. The minimum absolute atomic E-state index is 0.0427. The van der Waals surface area contributed by atoms with Crippen LogP contribution in [0, 0.1) is 23.7 Å². The highest BCUT2D eigenvalue weighted by atomic mass is 16.4. The van der Waals surface area contributed by atoms with Gasteiger partial charge in [0.15, 0.2) is 0 Å². The molecule has 26 nitrogen and oxygen atoms in total. The van der Waals surface area contributed by atoms with Crippen molar-refractivity contribution >= 4 is 71.0 Å². The van der Waals surface area contributed by atoms with Gasteiger partial charge >= 0.3 is 11.9 Å². The molecule has 10 amide bonds. The molecule has 412 valence electrons. The van der Waals surface area contributed by atoms with Gasteiger partial charge in [0.25, 0.3) is 0 Å². The fourth-order valence-corrected chi connectivity index (χ4v) is 8.18. The van der Waals surface area contributed by atoms with E-state index in [0.717, 1.165) is 0 Å². The molecular weight excluding hydrogens is 959 g/mol. The molecule has 0 aromatic heterocycles. The van der Waals surface area contributed by atoms with Gasteiger partial charge in [-0.1, -0.05) is 55.4 Å². The Bertz CT molecular complexity index is 2000. The Hall–Kier alpha value is -6.44. The van der Waals surface area contributed by atoms with Crippen LogP contribution in [0.2, 0.25) is 0 Å². The molecule has 26 heteroatoms.